The van der Waals surface area contributed by atoms with Gasteiger partial charge in [0.05, 0.1) is 10.2 Å². The molecule has 0 bridgehead atoms. The van der Waals surface area contributed by atoms with Crippen LogP contribution in [0.3, 0.4) is 0 Å². The van der Waals surface area contributed by atoms with Crippen LogP contribution in [0.25, 0.3) is 0 Å². The Hall–Kier alpha value is -1.56. The zero-order chi connectivity index (χ0) is 14.0. The molecule has 0 amide bonds. The highest BCUT2D eigenvalue weighted by atomic mass is 79.9. The number of rotatable bonds is 3. The van der Waals surface area contributed by atoms with Gasteiger partial charge in [-0.1, -0.05) is 12.1 Å². The summed E-state index contributed by atoms with van der Waals surface area (Å²) in [6.07, 6.45) is 0. The summed E-state index contributed by atoms with van der Waals surface area (Å²) >= 11 is 2.92. The fourth-order valence-corrected chi connectivity index (χ4v) is 1.88. The van der Waals surface area contributed by atoms with E-state index in [1.807, 2.05) is 0 Å². The van der Waals surface area contributed by atoms with Gasteiger partial charge < -0.3 is 5.32 Å². The minimum Gasteiger partial charge on any atom is -0.378 e. The van der Waals surface area contributed by atoms with E-state index in [0.717, 1.165) is 6.07 Å². The fraction of sp³-hybridized carbons (Fsp3) is 0.0769. The van der Waals surface area contributed by atoms with Gasteiger partial charge in [-0.05, 0) is 28.1 Å². The van der Waals surface area contributed by atoms with Gasteiger partial charge >= 0.3 is 0 Å². The number of nitrogens with one attached hydrogen (secondary N) is 1. The summed E-state index contributed by atoms with van der Waals surface area (Å²) in [7, 11) is 0. The van der Waals surface area contributed by atoms with Crippen molar-refractivity contribution in [3.63, 3.8) is 0 Å². The first-order valence-electron chi connectivity index (χ1n) is 5.30. The maximum atomic E-state index is 13.4. The molecule has 0 saturated heterocycles. The maximum absolute atomic E-state index is 13.4. The van der Waals surface area contributed by atoms with E-state index >= 15 is 0 Å². The Bertz CT molecular complexity index is 616. The molecular formula is C13H8BrF4N. The second-order valence-corrected chi connectivity index (χ2v) is 4.67. The lowest BCUT2D eigenvalue weighted by atomic mass is 10.2. The van der Waals surface area contributed by atoms with Crippen LogP contribution < -0.4 is 5.32 Å². The van der Waals surface area contributed by atoms with E-state index in [2.05, 4.69) is 21.2 Å². The second-order valence-electron chi connectivity index (χ2n) is 3.81. The van der Waals surface area contributed by atoms with Crippen LogP contribution in [0, 0.1) is 23.3 Å². The normalized spacial score (nSPS) is 10.6. The molecule has 100 valence electrons. The van der Waals surface area contributed by atoms with Gasteiger partial charge in [0.15, 0.2) is 11.6 Å². The zero-order valence-electron chi connectivity index (χ0n) is 9.48. The first-order chi connectivity index (χ1) is 8.99. The van der Waals surface area contributed by atoms with Crippen molar-refractivity contribution in [1.29, 1.82) is 0 Å². The van der Waals surface area contributed by atoms with Gasteiger partial charge in [-0.25, -0.2) is 17.6 Å². The van der Waals surface area contributed by atoms with Gasteiger partial charge in [0.1, 0.15) is 11.6 Å². The molecule has 2 aromatic rings. The van der Waals surface area contributed by atoms with Gasteiger partial charge in [0.25, 0.3) is 0 Å². The molecule has 19 heavy (non-hydrogen) atoms. The van der Waals surface area contributed by atoms with Crippen molar-refractivity contribution in [2.24, 2.45) is 0 Å². The van der Waals surface area contributed by atoms with Crippen molar-refractivity contribution in [3.05, 3.63) is 63.6 Å². The SMILES string of the molecule is Fc1cc(F)c(NCc2cccc(F)c2F)cc1Br. The van der Waals surface area contributed by atoms with Crippen LogP contribution in [0.4, 0.5) is 23.2 Å². The minimum absolute atomic E-state index is 0.00284. The van der Waals surface area contributed by atoms with Crippen molar-refractivity contribution in [2.45, 2.75) is 6.54 Å². The van der Waals surface area contributed by atoms with Crippen LogP contribution in [0.15, 0.2) is 34.8 Å². The monoisotopic (exact) mass is 333 g/mol. The van der Waals surface area contributed by atoms with Gasteiger partial charge in [-0.15, -0.1) is 0 Å². The Kier molecular flexibility index (Phi) is 4.09. The average Bonchev–Trinajstić information content (AvgIpc) is 2.37. The second kappa shape index (κ2) is 5.61. The summed E-state index contributed by atoms with van der Waals surface area (Å²) in [4.78, 5) is 0. The number of hydrogen-bond acceptors (Lipinski definition) is 1. The Balaban J connectivity index is 2.19. The summed E-state index contributed by atoms with van der Waals surface area (Å²) < 4.78 is 52.9. The molecule has 0 aliphatic rings. The van der Waals surface area contributed by atoms with Crippen LogP contribution in [0.1, 0.15) is 5.56 Å². The molecule has 0 heterocycles. The molecule has 0 aliphatic heterocycles. The van der Waals surface area contributed by atoms with E-state index in [1.54, 1.807) is 0 Å². The molecule has 6 heteroatoms. The maximum Gasteiger partial charge on any atom is 0.163 e. The van der Waals surface area contributed by atoms with Crippen molar-refractivity contribution >= 4 is 21.6 Å². The molecule has 0 radical (unpaired) electrons. The van der Waals surface area contributed by atoms with E-state index in [-0.39, 0.29) is 22.3 Å². The van der Waals surface area contributed by atoms with Crippen molar-refractivity contribution in [1.82, 2.24) is 0 Å². The molecule has 0 atom stereocenters. The number of halogens is 5. The van der Waals surface area contributed by atoms with Crippen LogP contribution in [-0.4, -0.2) is 0 Å². The molecule has 2 aromatic carbocycles. The summed E-state index contributed by atoms with van der Waals surface area (Å²) in [5.74, 6) is -3.51. The molecule has 1 nitrogen and oxygen atoms in total. The standard InChI is InChI=1S/C13H8BrF4N/c14-8-4-12(11(17)5-10(8)16)19-6-7-2-1-3-9(15)13(7)18/h1-5,19H,6H2. The van der Waals surface area contributed by atoms with Crippen LogP contribution in [0.2, 0.25) is 0 Å². The van der Waals surface area contributed by atoms with E-state index in [4.69, 9.17) is 0 Å². The minimum atomic E-state index is -0.989. The third-order valence-electron chi connectivity index (χ3n) is 2.51. The molecule has 0 fully saturated rings. The molecule has 0 spiro atoms. The zero-order valence-corrected chi connectivity index (χ0v) is 11.1. The predicted molar refractivity (Wildman–Crippen MR) is 67.7 cm³/mol. The number of hydrogen-bond donors (Lipinski definition) is 1. The van der Waals surface area contributed by atoms with E-state index in [1.165, 1.54) is 18.2 Å². The lowest BCUT2D eigenvalue weighted by Gasteiger charge is -2.09. The van der Waals surface area contributed by atoms with Gasteiger partial charge in [0, 0.05) is 18.2 Å². The molecular weight excluding hydrogens is 326 g/mol. The van der Waals surface area contributed by atoms with Gasteiger partial charge in [0.2, 0.25) is 0 Å². The van der Waals surface area contributed by atoms with Crippen molar-refractivity contribution < 1.29 is 17.6 Å². The third kappa shape index (κ3) is 3.07. The highest BCUT2D eigenvalue weighted by molar-refractivity contribution is 9.10. The van der Waals surface area contributed by atoms with Crippen LogP contribution >= 0.6 is 15.9 Å². The van der Waals surface area contributed by atoms with E-state index in [0.29, 0.717) is 6.07 Å². The van der Waals surface area contributed by atoms with E-state index in [9.17, 15) is 17.6 Å². The quantitative estimate of drug-likeness (QED) is 0.638. The summed E-state index contributed by atoms with van der Waals surface area (Å²) in [5.41, 5.74) is 0.0526. The molecule has 1 N–H and O–H groups in total. The number of benzene rings is 2. The van der Waals surface area contributed by atoms with Crippen LogP contribution in [-0.2, 0) is 6.54 Å². The molecule has 0 saturated carbocycles. The predicted octanol–water partition coefficient (Wildman–Crippen LogP) is 4.62. The summed E-state index contributed by atoms with van der Waals surface area (Å²) in [5, 5.41) is 2.59. The Morgan fingerprint density at radius 2 is 1.68 bits per heavy atom. The Labute approximate surface area is 115 Å². The van der Waals surface area contributed by atoms with Gasteiger partial charge in [-0.3, -0.25) is 0 Å². The lowest BCUT2D eigenvalue weighted by Crippen LogP contribution is -2.05. The van der Waals surface area contributed by atoms with E-state index < -0.39 is 23.3 Å². The molecule has 0 aliphatic carbocycles. The molecule has 0 aromatic heterocycles. The number of anilines is 1. The lowest BCUT2D eigenvalue weighted by molar-refractivity contribution is 0.500. The Morgan fingerprint density at radius 3 is 2.42 bits per heavy atom. The fourth-order valence-electron chi connectivity index (χ4n) is 1.53. The summed E-state index contributed by atoms with van der Waals surface area (Å²) in [6, 6.07) is 5.62. The first kappa shape index (κ1) is 13.9. The Morgan fingerprint density at radius 1 is 0.947 bits per heavy atom. The van der Waals surface area contributed by atoms with Gasteiger partial charge in [-0.2, -0.15) is 0 Å². The highest BCUT2D eigenvalue weighted by Gasteiger charge is 2.10. The smallest absolute Gasteiger partial charge is 0.163 e. The van der Waals surface area contributed by atoms with Crippen molar-refractivity contribution in [2.75, 3.05) is 5.32 Å². The third-order valence-corrected chi connectivity index (χ3v) is 3.12. The molecule has 2 rings (SSSR count). The topological polar surface area (TPSA) is 12.0 Å². The largest absolute Gasteiger partial charge is 0.378 e. The first-order valence-corrected chi connectivity index (χ1v) is 6.09. The molecule has 0 unspecified atom stereocenters. The van der Waals surface area contributed by atoms with Crippen LogP contribution in [0.5, 0.6) is 0 Å². The van der Waals surface area contributed by atoms with Crippen molar-refractivity contribution in [3.8, 4) is 0 Å². The highest BCUT2D eigenvalue weighted by Crippen LogP contribution is 2.24. The summed E-state index contributed by atoms with van der Waals surface area (Å²) in [6.45, 7) is -0.113. The average molecular weight is 334 g/mol.